The molecular formula is C24H29FO6. The van der Waals surface area contributed by atoms with Crippen LogP contribution in [0.2, 0.25) is 0 Å². The summed E-state index contributed by atoms with van der Waals surface area (Å²) in [6, 6.07) is 0. The van der Waals surface area contributed by atoms with Gasteiger partial charge in [0.15, 0.2) is 12.4 Å². The molecule has 1 N–H and O–H groups in total. The Balaban J connectivity index is 1.54. The number of halogens is 1. The third-order valence-electron chi connectivity index (χ3n) is 9.44. The molecule has 0 bridgehead atoms. The molecule has 1 heterocycles. The van der Waals surface area contributed by atoms with E-state index >= 15 is 0 Å². The van der Waals surface area contributed by atoms with Gasteiger partial charge in [-0.15, -0.1) is 0 Å². The summed E-state index contributed by atoms with van der Waals surface area (Å²) in [5.41, 5.74) is -3.14. The molecule has 0 aromatic carbocycles. The third kappa shape index (κ3) is 2.26. The van der Waals surface area contributed by atoms with E-state index in [1.165, 1.54) is 13.0 Å². The number of hydrogen-bond acceptors (Lipinski definition) is 6. The Hall–Kier alpha value is -1.86. The molecule has 2 unspecified atom stereocenters. The largest absolute Gasteiger partial charge is 0.458 e. The number of epoxide rings is 1. The first-order valence-electron chi connectivity index (χ1n) is 11.1. The molecule has 8 atom stereocenters. The van der Waals surface area contributed by atoms with E-state index in [4.69, 9.17) is 9.47 Å². The molecule has 168 valence electrons. The highest BCUT2D eigenvalue weighted by Crippen LogP contribution is 2.76. The number of esters is 1. The Bertz CT molecular complexity index is 969. The van der Waals surface area contributed by atoms with Crippen LogP contribution in [0.4, 0.5) is 4.39 Å². The number of aliphatic hydroxyl groups is 1. The van der Waals surface area contributed by atoms with E-state index in [9.17, 15) is 23.9 Å². The minimum atomic E-state index is -1.62. The normalized spacial score (nSPS) is 49.7. The summed E-state index contributed by atoms with van der Waals surface area (Å²) in [6.45, 7) is 6.58. The Morgan fingerprint density at radius 1 is 1.32 bits per heavy atom. The maximum atomic E-state index is 14.8. The van der Waals surface area contributed by atoms with Gasteiger partial charge < -0.3 is 14.6 Å². The second-order valence-electron chi connectivity index (χ2n) is 10.6. The van der Waals surface area contributed by atoms with E-state index in [1.807, 2.05) is 20.8 Å². The lowest BCUT2D eigenvalue weighted by atomic mass is 9.46. The number of hydrogen-bond donors (Lipinski definition) is 1. The standard InChI is InChI=1S/C24H29FO6/c1-12-9-16-14-5-6-15-20(25)17(27)7-8-21(15,3)24(14)19(31-24)10-22(16,4)23(12,29)18(28)11-30-13(2)26/h7-8,12,14,16,19,29H,5-6,9-11H2,1-4H3/t12-,14+,16+,19?,21+,22+,23+,24?/m1/s1. The van der Waals surface area contributed by atoms with Crippen molar-refractivity contribution in [1.29, 1.82) is 0 Å². The van der Waals surface area contributed by atoms with Crippen LogP contribution in [0.3, 0.4) is 0 Å². The van der Waals surface area contributed by atoms with Crippen LogP contribution >= 0.6 is 0 Å². The minimum Gasteiger partial charge on any atom is -0.458 e. The molecule has 1 saturated heterocycles. The van der Waals surface area contributed by atoms with E-state index in [0.717, 1.165) is 0 Å². The van der Waals surface area contributed by atoms with Gasteiger partial charge in [-0.2, -0.15) is 0 Å². The lowest BCUT2D eigenvalue weighted by molar-refractivity contribution is -0.170. The lowest BCUT2D eigenvalue weighted by Crippen LogP contribution is -2.62. The Labute approximate surface area is 180 Å². The highest BCUT2D eigenvalue weighted by atomic mass is 19.1. The molecule has 6 nitrogen and oxygen atoms in total. The number of ketones is 2. The minimum absolute atomic E-state index is 0.00000709. The summed E-state index contributed by atoms with van der Waals surface area (Å²) in [6.07, 6.45) is 5.11. The molecule has 5 aliphatic rings. The summed E-state index contributed by atoms with van der Waals surface area (Å²) in [7, 11) is 0. The monoisotopic (exact) mass is 432 g/mol. The maximum absolute atomic E-state index is 14.8. The highest BCUT2D eigenvalue weighted by Gasteiger charge is 2.82. The molecule has 4 aliphatic carbocycles. The van der Waals surface area contributed by atoms with Gasteiger partial charge in [-0.1, -0.05) is 19.9 Å². The predicted octanol–water partition coefficient (Wildman–Crippen LogP) is 2.83. The number of allylic oxidation sites excluding steroid dienone is 2. The van der Waals surface area contributed by atoms with E-state index in [1.54, 1.807) is 6.08 Å². The van der Waals surface area contributed by atoms with E-state index in [0.29, 0.717) is 31.3 Å². The first kappa shape index (κ1) is 21.0. The molecule has 1 spiro atoms. The zero-order chi connectivity index (χ0) is 22.6. The molecule has 31 heavy (non-hydrogen) atoms. The van der Waals surface area contributed by atoms with E-state index in [-0.39, 0.29) is 23.9 Å². The summed E-state index contributed by atoms with van der Waals surface area (Å²) >= 11 is 0. The number of carbonyl (C=O) groups is 3. The van der Waals surface area contributed by atoms with Gasteiger partial charge in [-0.05, 0) is 62.0 Å². The van der Waals surface area contributed by atoms with Crippen LogP contribution in [-0.2, 0) is 23.9 Å². The average molecular weight is 432 g/mol. The van der Waals surface area contributed by atoms with Crippen molar-refractivity contribution in [1.82, 2.24) is 0 Å². The van der Waals surface area contributed by atoms with E-state index < -0.39 is 52.0 Å². The molecule has 5 rings (SSSR count). The Morgan fingerprint density at radius 3 is 2.71 bits per heavy atom. The second kappa shape index (κ2) is 6.13. The number of fused-ring (bicyclic) bond motifs is 3. The van der Waals surface area contributed by atoms with Crippen molar-refractivity contribution in [3.8, 4) is 0 Å². The molecule has 4 fully saturated rings. The second-order valence-corrected chi connectivity index (χ2v) is 10.6. The average Bonchev–Trinajstić information content (AvgIpc) is 3.39. The molecule has 3 saturated carbocycles. The van der Waals surface area contributed by atoms with Crippen LogP contribution in [-0.4, -0.2) is 46.6 Å². The number of carbonyl (C=O) groups excluding carboxylic acids is 3. The van der Waals surface area contributed by atoms with Crippen molar-refractivity contribution in [3.63, 3.8) is 0 Å². The van der Waals surface area contributed by atoms with E-state index in [2.05, 4.69) is 0 Å². The number of ether oxygens (including phenoxy) is 2. The molecule has 0 radical (unpaired) electrons. The molecule has 0 amide bonds. The Kier molecular flexibility index (Phi) is 4.16. The van der Waals surface area contributed by atoms with Gasteiger partial charge in [-0.25, -0.2) is 4.39 Å². The lowest BCUT2D eigenvalue weighted by Gasteiger charge is -2.55. The number of Topliss-reactive ketones (excluding diaryl/α,β-unsaturated/α-hetero) is 1. The van der Waals surface area contributed by atoms with Gasteiger partial charge in [-0.3, -0.25) is 14.4 Å². The fraction of sp³-hybridized carbons (Fsp3) is 0.708. The predicted molar refractivity (Wildman–Crippen MR) is 107 cm³/mol. The summed E-state index contributed by atoms with van der Waals surface area (Å²) in [4.78, 5) is 36.3. The fourth-order valence-corrected chi connectivity index (χ4v) is 7.93. The topological polar surface area (TPSA) is 93.2 Å². The van der Waals surface area contributed by atoms with Gasteiger partial charge >= 0.3 is 5.97 Å². The van der Waals surface area contributed by atoms with Crippen LogP contribution in [0.15, 0.2) is 23.6 Å². The fourth-order valence-electron chi connectivity index (χ4n) is 7.93. The summed E-state index contributed by atoms with van der Waals surface area (Å²) in [5, 5.41) is 11.8. The van der Waals surface area contributed by atoms with Crippen molar-refractivity contribution in [2.75, 3.05) is 6.61 Å². The van der Waals surface area contributed by atoms with Gasteiger partial charge in [0.05, 0.1) is 6.10 Å². The maximum Gasteiger partial charge on any atom is 0.303 e. The van der Waals surface area contributed by atoms with Gasteiger partial charge in [0.1, 0.15) is 11.2 Å². The first-order valence-corrected chi connectivity index (χ1v) is 11.1. The molecule has 1 aliphatic heterocycles. The van der Waals surface area contributed by atoms with Crippen LogP contribution in [0.1, 0.15) is 53.4 Å². The van der Waals surface area contributed by atoms with Crippen molar-refractivity contribution >= 4 is 17.5 Å². The molecule has 0 aromatic heterocycles. The summed E-state index contributed by atoms with van der Waals surface area (Å²) in [5.74, 6) is -2.53. The SMILES string of the molecule is CC(=O)OCC(=O)[C@@]1(O)[C@H](C)C[C@H]2[C@@H]3CCC4=C(F)C(=O)C=C[C@]4(C)C34OC4C[C@@]21C. The van der Waals surface area contributed by atoms with Gasteiger partial charge in [0.2, 0.25) is 11.6 Å². The highest BCUT2D eigenvalue weighted by molar-refractivity contribution is 6.04. The van der Waals surface area contributed by atoms with Crippen molar-refractivity contribution in [2.24, 2.45) is 28.6 Å². The Morgan fingerprint density at radius 2 is 2.03 bits per heavy atom. The molecule has 7 heteroatoms. The zero-order valence-corrected chi connectivity index (χ0v) is 18.4. The van der Waals surface area contributed by atoms with Crippen LogP contribution in [0, 0.1) is 28.6 Å². The zero-order valence-electron chi connectivity index (χ0n) is 18.4. The van der Waals surface area contributed by atoms with Crippen molar-refractivity contribution in [2.45, 2.75) is 70.7 Å². The first-order chi connectivity index (χ1) is 14.4. The van der Waals surface area contributed by atoms with Crippen molar-refractivity contribution in [3.05, 3.63) is 23.6 Å². The van der Waals surface area contributed by atoms with Gasteiger partial charge in [0, 0.05) is 17.8 Å². The quantitative estimate of drug-likeness (QED) is 0.545. The van der Waals surface area contributed by atoms with Crippen LogP contribution in [0.5, 0.6) is 0 Å². The smallest absolute Gasteiger partial charge is 0.303 e. The van der Waals surface area contributed by atoms with Crippen molar-refractivity contribution < 1.29 is 33.4 Å². The molecule has 0 aromatic rings. The summed E-state index contributed by atoms with van der Waals surface area (Å²) < 4.78 is 26.1. The third-order valence-corrected chi connectivity index (χ3v) is 9.44. The van der Waals surface area contributed by atoms with Crippen LogP contribution < -0.4 is 0 Å². The molecular weight excluding hydrogens is 403 g/mol. The van der Waals surface area contributed by atoms with Crippen LogP contribution in [0.25, 0.3) is 0 Å². The van der Waals surface area contributed by atoms with Gasteiger partial charge in [0.25, 0.3) is 0 Å². The number of rotatable bonds is 3.